The molecule has 0 spiro atoms. The Kier molecular flexibility index (Phi) is 4.52. The molecule has 1 unspecified atom stereocenters. The van der Waals surface area contributed by atoms with Crippen molar-refractivity contribution in [3.8, 4) is 0 Å². The molecule has 1 N–H and O–H groups in total. The summed E-state index contributed by atoms with van der Waals surface area (Å²) in [5.74, 6) is -0.629. The van der Waals surface area contributed by atoms with E-state index in [0.29, 0.717) is 11.3 Å². The molecule has 140 valence electrons. The van der Waals surface area contributed by atoms with Crippen LogP contribution in [-0.4, -0.2) is 34.5 Å². The van der Waals surface area contributed by atoms with Gasteiger partial charge in [0.15, 0.2) is 5.69 Å². The maximum absolute atomic E-state index is 13.0. The molecule has 0 saturated carbocycles. The molecule has 28 heavy (non-hydrogen) atoms. The number of fused-ring (bicyclic) bond motifs is 1. The van der Waals surface area contributed by atoms with Gasteiger partial charge in [0.05, 0.1) is 12.5 Å². The van der Waals surface area contributed by atoms with Crippen LogP contribution in [-0.2, 0) is 10.2 Å². The van der Waals surface area contributed by atoms with Crippen molar-refractivity contribution in [2.45, 2.75) is 12.3 Å². The maximum atomic E-state index is 13.0. The Balaban J connectivity index is 1.64. The summed E-state index contributed by atoms with van der Waals surface area (Å²) in [6, 6.07) is 7.65. The van der Waals surface area contributed by atoms with E-state index >= 15 is 0 Å². The summed E-state index contributed by atoms with van der Waals surface area (Å²) in [6.07, 6.45) is 8.77. The minimum Gasteiger partial charge on any atom is -0.464 e. The van der Waals surface area contributed by atoms with E-state index in [-0.39, 0.29) is 11.5 Å². The average molecular weight is 391 g/mol. The highest BCUT2D eigenvalue weighted by atomic mass is 32.1. The number of hydrogen-bond acceptors (Lipinski definition) is 6. The highest BCUT2D eigenvalue weighted by molar-refractivity contribution is 7.10. The SMILES string of the molecule is COC(=O)c1csc(C2(C)C=CN=C(C(=O)c3c[nH]c4ccccc34)C=C2)n1. The van der Waals surface area contributed by atoms with Crippen LogP contribution in [0.25, 0.3) is 10.9 Å². The fraction of sp³-hybridized carbons (Fsp3) is 0.143. The third-order valence-corrected chi connectivity index (χ3v) is 5.74. The molecule has 2 aromatic heterocycles. The number of aromatic amines is 1. The Hall–Kier alpha value is -3.32. The summed E-state index contributed by atoms with van der Waals surface area (Å²) in [7, 11) is 1.32. The van der Waals surface area contributed by atoms with Gasteiger partial charge in [0, 0.05) is 34.2 Å². The molecule has 6 nitrogen and oxygen atoms in total. The summed E-state index contributed by atoms with van der Waals surface area (Å²) in [5.41, 5.74) is 1.52. The summed E-state index contributed by atoms with van der Waals surface area (Å²) < 4.78 is 4.72. The van der Waals surface area contributed by atoms with Gasteiger partial charge in [0.25, 0.3) is 0 Å². The molecule has 1 aliphatic rings. The Bertz CT molecular complexity index is 1170. The van der Waals surface area contributed by atoms with Crippen molar-refractivity contribution in [2.75, 3.05) is 7.11 Å². The zero-order valence-electron chi connectivity index (χ0n) is 15.3. The highest BCUT2D eigenvalue weighted by Crippen LogP contribution is 2.31. The second-order valence-corrected chi connectivity index (χ2v) is 7.41. The predicted octanol–water partition coefficient (Wildman–Crippen LogP) is 4.08. The number of aromatic nitrogens is 2. The van der Waals surface area contributed by atoms with Crippen LogP contribution >= 0.6 is 11.3 Å². The molecule has 0 amide bonds. The van der Waals surface area contributed by atoms with E-state index < -0.39 is 11.4 Å². The van der Waals surface area contributed by atoms with Gasteiger partial charge in [-0.3, -0.25) is 9.79 Å². The van der Waals surface area contributed by atoms with Crippen molar-refractivity contribution in [3.05, 3.63) is 76.5 Å². The van der Waals surface area contributed by atoms with Crippen LogP contribution in [0, 0.1) is 0 Å². The number of ether oxygens (including phenoxy) is 1. The number of esters is 1. The van der Waals surface area contributed by atoms with Crippen LogP contribution in [0.5, 0.6) is 0 Å². The first-order valence-corrected chi connectivity index (χ1v) is 9.50. The van der Waals surface area contributed by atoms with Crippen LogP contribution < -0.4 is 0 Å². The number of allylic oxidation sites excluding steroid dienone is 3. The second kappa shape index (κ2) is 7.01. The number of thiazole rings is 1. The molecule has 0 radical (unpaired) electrons. The van der Waals surface area contributed by atoms with Crippen molar-refractivity contribution in [1.82, 2.24) is 9.97 Å². The zero-order chi connectivity index (χ0) is 19.7. The van der Waals surface area contributed by atoms with E-state index in [1.807, 2.05) is 43.3 Å². The van der Waals surface area contributed by atoms with Crippen LogP contribution in [0.1, 0.15) is 32.8 Å². The van der Waals surface area contributed by atoms with Gasteiger partial charge in [-0.2, -0.15) is 0 Å². The van der Waals surface area contributed by atoms with Crippen LogP contribution in [0.2, 0.25) is 0 Å². The van der Waals surface area contributed by atoms with E-state index in [9.17, 15) is 9.59 Å². The summed E-state index contributed by atoms with van der Waals surface area (Å²) in [4.78, 5) is 36.5. The number of ketones is 1. The fourth-order valence-corrected chi connectivity index (χ4v) is 3.93. The van der Waals surface area contributed by atoms with E-state index in [2.05, 4.69) is 15.0 Å². The number of benzene rings is 1. The van der Waals surface area contributed by atoms with Gasteiger partial charge < -0.3 is 9.72 Å². The number of para-hydroxylation sites is 1. The molecule has 1 aliphatic heterocycles. The summed E-state index contributed by atoms with van der Waals surface area (Å²) in [6.45, 7) is 1.95. The lowest BCUT2D eigenvalue weighted by Crippen LogP contribution is -2.17. The van der Waals surface area contributed by atoms with E-state index in [0.717, 1.165) is 15.9 Å². The normalized spacial score (nSPS) is 18.7. The molecule has 1 aromatic carbocycles. The number of nitrogens with zero attached hydrogens (tertiary/aromatic N) is 2. The zero-order valence-corrected chi connectivity index (χ0v) is 16.1. The third kappa shape index (κ3) is 3.10. The van der Waals surface area contributed by atoms with E-state index in [1.54, 1.807) is 23.9 Å². The third-order valence-electron chi connectivity index (χ3n) is 4.65. The number of nitrogens with one attached hydrogen (secondary N) is 1. The lowest BCUT2D eigenvalue weighted by Gasteiger charge is -2.17. The second-order valence-electron chi connectivity index (χ2n) is 6.55. The van der Waals surface area contributed by atoms with Crippen molar-refractivity contribution in [1.29, 1.82) is 0 Å². The summed E-state index contributed by atoms with van der Waals surface area (Å²) in [5, 5.41) is 3.25. The number of rotatable bonds is 4. The largest absolute Gasteiger partial charge is 0.464 e. The molecular formula is C21H17N3O3S. The highest BCUT2D eigenvalue weighted by Gasteiger charge is 2.28. The maximum Gasteiger partial charge on any atom is 0.357 e. The molecule has 0 bridgehead atoms. The lowest BCUT2D eigenvalue weighted by molar-refractivity contribution is 0.0594. The van der Waals surface area contributed by atoms with Gasteiger partial charge in [0.2, 0.25) is 5.78 Å². The van der Waals surface area contributed by atoms with E-state index in [4.69, 9.17) is 4.74 Å². The van der Waals surface area contributed by atoms with Gasteiger partial charge in [-0.1, -0.05) is 24.3 Å². The quantitative estimate of drug-likeness (QED) is 0.537. The number of aliphatic imine (C=N–C) groups is 1. The predicted molar refractivity (Wildman–Crippen MR) is 109 cm³/mol. The first-order valence-electron chi connectivity index (χ1n) is 8.62. The minimum atomic E-state index is -0.581. The fourth-order valence-electron chi connectivity index (χ4n) is 3.02. The topological polar surface area (TPSA) is 84.4 Å². The Labute approximate surface area is 165 Å². The monoisotopic (exact) mass is 391 g/mol. The molecule has 7 heteroatoms. The van der Waals surface area contributed by atoms with Gasteiger partial charge in [-0.05, 0) is 25.1 Å². The number of H-pyrrole nitrogens is 1. The Morgan fingerprint density at radius 1 is 1.21 bits per heavy atom. The molecule has 3 aromatic rings. The molecule has 0 saturated heterocycles. The summed E-state index contributed by atoms with van der Waals surface area (Å²) >= 11 is 1.36. The molecule has 1 atom stereocenters. The standard InChI is InChI=1S/C21H17N3O3S/c1-21(20-24-17(12-28-20)19(26)27-2)8-7-16(22-10-9-21)18(25)14-11-23-15-6-4-3-5-13(14)15/h3-12,23H,1-2H3. The number of Topliss-reactive ketones (excluding diaryl/α,β-unsaturated/α-hetero) is 1. The molecule has 3 heterocycles. The smallest absolute Gasteiger partial charge is 0.357 e. The molecule has 4 rings (SSSR count). The van der Waals surface area contributed by atoms with Crippen molar-refractivity contribution < 1.29 is 14.3 Å². The average Bonchev–Trinajstić information content (AvgIpc) is 3.33. The van der Waals surface area contributed by atoms with Crippen LogP contribution in [0.15, 0.2) is 65.3 Å². The first-order chi connectivity index (χ1) is 13.5. The number of hydrogen-bond donors (Lipinski definition) is 1. The molecular weight excluding hydrogens is 374 g/mol. The Morgan fingerprint density at radius 2 is 2.04 bits per heavy atom. The number of methoxy groups -OCH3 is 1. The number of carbonyl (C=O) groups is 2. The van der Waals surface area contributed by atoms with Gasteiger partial charge in [-0.25, -0.2) is 9.78 Å². The van der Waals surface area contributed by atoms with Crippen molar-refractivity contribution >= 4 is 39.7 Å². The molecule has 0 fully saturated rings. The van der Waals surface area contributed by atoms with Gasteiger partial charge >= 0.3 is 5.97 Å². The van der Waals surface area contributed by atoms with Gasteiger partial charge in [0.1, 0.15) is 10.7 Å². The van der Waals surface area contributed by atoms with Crippen molar-refractivity contribution in [2.24, 2.45) is 4.99 Å². The van der Waals surface area contributed by atoms with Crippen LogP contribution in [0.3, 0.4) is 0 Å². The van der Waals surface area contributed by atoms with E-state index in [1.165, 1.54) is 18.4 Å². The van der Waals surface area contributed by atoms with Gasteiger partial charge in [-0.15, -0.1) is 11.3 Å². The molecule has 0 aliphatic carbocycles. The Morgan fingerprint density at radius 3 is 2.86 bits per heavy atom. The first kappa shape index (κ1) is 18.1. The lowest BCUT2D eigenvalue weighted by atomic mass is 9.90. The van der Waals surface area contributed by atoms with Crippen LogP contribution in [0.4, 0.5) is 0 Å². The number of carbonyl (C=O) groups excluding carboxylic acids is 2. The minimum absolute atomic E-state index is 0.156. The van der Waals surface area contributed by atoms with Crippen molar-refractivity contribution in [3.63, 3.8) is 0 Å².